The van der Waals surface area contributed by atoms with Gasteiger partial charge in [0.1, 0.15) is 23.8 Å². The fraction of sp³-hybridized carbons (Fsp3) is 0.200. The Balaban J connectivity index is 1.78. The van der Waals surface area contributed by atoms with Gasteiger partial charge in [-0.3, -0.25) is 0 Å². The van der Waals surface area contributed by atoms with E-state index in [1.165, 1.54) is 0 Å². The largest absolute Gasteiger partial charge is 0.497 e. The number of benzene rings is 2. The van der Waals surface area contributed by atoms with Crippen LogP contribution in [0.15, 0.2) is 46.9 Å². The average Bonchev–Trinajstić information content (AvgIpc) is 3.10. The van der Waals surface area contributed by atoms with E-state index in [2.05, 4.69) is 11.1 Å². The van der Waals surface area contributed by atoms with Crippen LogP contribution in [-0.4, -0.2) is 12.1 Å². The number of alkyl halides is 1. The van der Waals surface area contributed by atoms with Gasteiger partial charge in [-0.1, -0.05) is 0 Å². The van der Waals surface area contributed by atoms with Crippen molar-refractivity contribution < 1.29 is 13.9 Å². The topological polar surface area (TPSA) is 68.3 Å². The number of halogens is 1. The minimum Gasteiger partial charge on any atom is -0.497 e. The first-order chi connectivity index (χ1) is 12.6. The molecule has 1 aromatic heterocycles. The molecule has 0 aliphatic heterocycles. The number of hydrogen-bond acceptors (Lipinski definition) is 5. The molecule has 0 spiro atoms. The molecule has 3 aromatic rings. The van der Waals surface area contributed by atoms with Crippen LogP contribution in [0, 0.1) is 18.3 Å². The van der Waals surface area contributed by atoms with Gasteiger partial charge in [0, 0.05) is 5.56 Å². The van der Waals surface area contributed by atoms with Gasteiger partial charge < -0.3 is 13.9 Å². The zero-order valence-corrected chi connectivity index (χ0v) is 15.2. The van der Waals surface area contributed by atoms with Crippen molar-refractivity contribution in [3.63, 3.8) is 0 Å². The molecule has 0 atom stereocenters. The lowest BCUT2D eigenvalue weighted by Crippen LogP contribution is -1.97. The predicted molar refractivity (Wildman–Crippen MR) is 98.3 cm³/mol. The van der Waals surface area contributed by atoms with Gasteiger partial charge in [-0.2, -0.15) is 5.26 Å². The van der Waals surface area contributed by atoms with Crippen molar-refractivity contribution in [3.8, 4) is 29.0 Å². The summed E-state index contributed by atoms with van der Waals surface area (Å²) in [4.78, 5) is 4.45. The van der Waals surface area contributed by atoms with Crippen molar-refractivity contribution >= 4 is 11.6 Å². The van der Waals surface area contributed by atoms with E-state index in [4.69, 9.17) is 30.8 Å². The van der Waals surface area contributed by atoms with E-state index in [9.17, 15) is 0 Å². The maximum absolute atomic E-state index is 8.99. The van der Waals surface area contributed by atoms with Crippen LogP contribution in [0.25, 0.3) is 11.5 Å². The summed E-state index contributed by atoms with van der Waals surface area (Å²) in [6, 6.07) is 14.9. The third kappa shape index (κ3) is 3.81. The molecule has 0 unspecified atom stereocenters. The Bertz CT molecular complexity index is 943. The molecule has 132 valence electrons. The Kier molecular flexibility index (Phi) is 5.45. The van der Waals surface area contributed by atoms with Gasteiger partial charge in [0.2, 0.25) is 5.89 Å². The predicted octanol–water partition coefficient (Wildman–Crippen LogP) is 4.85. The Labute approximate surface area is 156 Å². The van der Waals surface area contributed by atoms with E-state index in [0.29, 0.717) is 28.7 Å². The van der Waals surface area contributed by atoms with E-state index < -0.39 is 0 Å². The number of nitrogens with zero attached hydrogens (tertiary/aromatic N) is 2. The molecular formula is C20H17ClN2O3. The highest BCUT2D eigenvalue weighted by Crippen LogP contribution is 2.26. The maximum atomic E-state index is 8.99. The normalized spacial score (nSPS) is 10.4. The second kappa shape index (κ2) is 7.94. The second-order valence-corrected chi connectivity index (χ2v) is 5.90. The number of rotatable bonds is 6. The molecule has 0 aliphatic carbocycles. The Morgan fingerprint density at radius 1 is 1.15 bits per heavy atom. The molecule has 0 amide bonds. The van der Waals surface area contributed by atoms with Crippen molar-refractivity contribution in [2.24, 2.45) is 0 Å². The summed E-state index contributed by atoms with van der Waals surface area (Å²) < 4.78 is 16.8. The van der Waals surface area contributed by atoms with Crippen LogP contribution in [0.4, 0.5) is 0 Å². The van der Waals surface area contributed by atoms with E-state index in [1.807, 2.05) is 37.3 Å². The summed E-state index contributed by atoms with van der Waals surface area (Å²) in [6.45, 7) is 2.07. The zero-order valence-electron chi connectivity index (χ0n) is 14.5. The van der Waals surface area contributed by atoms with Crippen LogP contribution in [0.2, 0.25) is 0 Å². The van der Waals surface area contributed by atoms with Crippen LogP contribution in [0.1, 0.15) is 22.6 Å². The maximum Gasteiger partial charge on any atom is 0.226 e. The fourth-order valence-electron chi connectivity index (χ4n) is 2.46. The number of hydrogen-bond donors (Lipinski definition) is 0. The van der Waals surface area contributed by atoms with Gasteiger partial charge in [0.15, 0.2) is 5.76 Å². The first kappa shape index (κ1) is 17.8. The van der Waals surface area contributed by atoms with Crippen molar-refractivity contribution in [2.45, 2.75) is 19.4 Å². The smallest absolute Gasteiger partial charge is 0.226 e. The molecule has 2 aromatic carbocycles. The van der Waals surface area contributed by atoms with Gasteiger partial charge in [-0.15, -0.1) is 11.6 Å². The molecule has 0 aliphatic rings. The lowest BCUT2D eigenvalue weighted by molar-refractivity contribution is 0.270. The number of ether oxygens (including phenoxy) is 2. The van der Waals surface area contributed by atoms with Crippen molar-refractivity contribution in [1.82, 2.24) is 4.98 Å². The molecule has 5 nitrogen and oxygen atoms in total. The summed E-state index contributed by atoms with van der Waals surface area (Å²) in [5.41, 5.74) is 2.96. The van der Waals surface area contributed by atoms with Crippen LogP contribution < -0.4 is 9.47 Å². The van der Waals surface area contributed by atoms with Crippen LogP contribution in [0.5, 0.6) is 11.5 Å². The van der Waals surface area contributed by atoms with E-state index >= 15 is 0 Å². The molecule has 0 radical (unpaired) electrons. The minimum atomic E-state index is 0.205. The molecular weight excluding hydrogens is 352 g/mol. The minimum absolute atomic E-state index is 0.205. The molecule has 0 bridgehead atoms. The molecule has 0 N–H and O–H groups in total. The third-order valence-electron chi connectivity index (χ3n) is 3.93. The fourth-order valence-corrected chi connectivity index (χ4v) is 2.67. The van der Waals surface area contributed by atoms with E-state index in [0.717, 1.165) is 16.9 Å². The number of oxazole rings is 1. The van der Waals surface area contributed by atoms with Gasteiger partial charge in [-0.05, 0) is 55.0 Å². The second-order valence-electron chi connectivity index (χ2n) is 5.63. The molecule has 3 rings (SSSR count). The van der Waals surface area contributed by atoms with Crippen LogP contribution >= 0.6 is 11.6 Å². The highest BCUT2D eigenvalue weighted by atomic mass is 35.5. The van der Waals surface area contributed by atoms with E-state index in [-0.39, 0.29) is 12.5 Å². The van der Waals surface area contributed by atoms with Crippen LogP contribution in [-0.2, 0) is 12.5 Å². The summed E-state index contributed by atoms with van der Waals surface area (Å²) in [5, 5.41) is 8.99. The summed E-state index contributed by atoms with van der Waals surface area (Å²) in [6.07, 6.45) is 0. The van der Waals surface area contributed by atoms with Crippen LogP contribution in [0.3, 0.4) is 0 Å². The number of nitriles is 1. The van der Waals surface area contributed by atoms with Crippen molar-refractivity contribution in [2.75, 3.05) is 7.11 Å². The Morgan fingerprint density at radius 3 is 2.50 bits per heavy atom. The number of aryl methyl sites for hydroxylation is 1. The summed E-state index contributed by atoms with van der Waals surface area (Å²) >= 11 is 5.99. The molecule has 26 heavy (non-hydrogen) atoms. The van der Waals surface area contributed by atoms with Gasteiger partial charge >= 0.3 is 0 Å². The SMILES string of the molecule is COc1ccc(-c2nc(CCl)c(COc3ccc(C#N)c(C)c3)o2)cc1. The summed E-state index contributed by atoms with van der Waals surface area (Å²) in [5.74, 6) is 2.71. The molecule has 0 fully saturated rings. The highest BCUT2D eigenvalue weighted by molar-refractivity contribution is 6.17. The molecule has 6 heteroatoms. The quantitative estimate of drug-likeness (QED) is 0.582. The average molecular weight is 369 g/mol. The van der Waals surface area contributed by atoms with Gasteiger partial charge in [0.05, 0.1) is 24.6 Å². The van der Waals surface area contributed by atoms with Crippen molar-refractivity contribution in [3.05, 3.63) is 65.0 Å². The highest BCUT2D eigenvalue weighted by Gasteiger charge is 2.15. The number of methoxy groups -OCH3 is 1. The Hall–Kier alpha value is -2.97. The molecule has 0 saturated carbocycles. The van der Waals surface area contributed by atoms with Gasteiger partial charge in [-0.25, -0.2) is 4.98 Å². The standard InChI is InChI=1S/C20H17ClN2O3/c1-13-9-17(8-5-15(13)11-22)25-12-19-18(10-21)23-20(26-19)14-3-6-16(24-2)7-4-14/h3-9H,10,12H2,1-2H3. The van der Waals surface area contributed by atoms with Crippen molar-refractivity contribution in [1.29, 1.82) is 5.26 Å². The first-order valence-corrected chi connectivity index (χ1v) is 8.50. The lowest BCUT2D eigenvalue weighted by Gasteiger charge is -2.06. The first-order valence-electron chi connectivity index (χ1n) is 7.97. The zero-order chi connectivity index (χ0) is 18.5. The third-order valence-corrected chi connectivity index (χ3v) is 4.18. The Morgan fingerprint density at radius 2 is 1.88 bits per heavy atom. The van der Waals surface area contributed by atoms with Gasteiger partial charge in [0.25, 0.3) is 0 Å². The number of aromatic nitrogens is 1. The monoisotopic (exact) mass is 368 g/mol. The summed E-state index contributed by atoms with van der Waals surface area (Å²) in [7, 11) is 1.62. The lowest BCUT2D eigenvalue weighted by atomic mass is 10.1. The molecule has 0 saturated heterocycles. The van der Waals surface area contributed by atoms with E-state index in [1.54, 1.807) is 19.2 Å². The molecule has 1 heterocycles.